The molecule has 2 rings (SSSR count). The standard InChI is InChI=1S/C22H30N2O2S/c1-5-18-6-8-19(9-7-18)16-24(3)22(25)23-17(2)20-10-12-21(13-11-20)27-15-14-26-4/h6-13,17H,5,14-16H2,1-4H3,(H,23,25). The van der Waals surface area contributed by atoms with Crippen molar-refractivity contribution in [2.45, 2.75) is 37.8 Å². The first-order valence-corrected chi connectivity index (χ1v) is 10.3. The van der Waals surface area contributed by atoms with Gasteiger partial charge in [0.1, 0.15) is 0 Å². The number of hydrogen-bond donors (Lipinski definition) is 1. The van der Waals surface area contributed by atoms with E-state index in [1.807, 2.05) is 14.0 Å². The van der Waals surface area contributed by atoms with E-state index in [-0.39, 0.29) is 12.1 Å². The summed E-state index contributed by atoms with van der Waals surface area (Å²) in [4.78, 5) is 15.4. The Morgan fingerprint density at radius 2 is 1.74 bits per heavy atom. The molecule has 1 atom stereocenters. The van der Waals surface area contributed by atoms with Gasteiger partial charge in [0.25, 0.3) is 0 Å². The molecule has 0 saturated carbocycles. The molecule has 0 aliphatic carbocycles. The number of hydrogen-bond acceptors (Lipinski definition) is 3. The maximum atomic E-state index is 12.5. The van der Waals surface area contributed by atoms with E-state index >= 15 is 0 Å². The minimum atomic E-state index is -0.0689. The Balaban J connectivity index is 1.85. The zero-order valence-electron chi connectivity index (χ0n) is 16.7. The number of nitrogens with one attached hydrogen (secondary N) is 1. The van der Waals surface area contributed by atoms with E-state index in [2.05, 4.69) is 60.8 Å². The molecule has 1 unspecified atom stereocenters. The van der Waals surface area contributed by atoms with Crippen LogP contribution < -0.4 is 5.32 Å². The molecule has 0 aromatic heterocycles. The molecule has 146 valence electrons. The molecular weight excluding hydrogens is 356 g/mol. The summed E-state index contributed by atoms with van der Waals surface area (Å²) < 4.78 is 5.07. The third-order valence-electron chi connectivity index (χ3n) is 4.47. The first kappa shape index (κ1) is 21.3. The fraction of sp³-hybridized carbons (Fsp3) is 0.409. The lowest BCUT2D eigenvalue weighted by molar-refractivity contribution is 0.203. The monoisotopic (exact) mass is 386 g/mol. The van der Waals surface area contributed by atoms with Crippen LogP contribution in [0.4, 0.5) is 4.79 Å². The van der Waals surface area contributed by atoms with E-state index in [9.17, 15) is 4.79 Å². The number of ether oxygens (including phenoxy) is 1. The summed E-state index contributed by atoms with van der Waals surface area (Å²) >= 11 is 1.77. The molecule has 0 aliphatic rings. The molecule has 0 bridgehead atoms. The molecule has 0 heterocycles. The van der Waals surface area contributed by atoms with Crippen LogP contribution in [0.25, 0.3) is 0 Å². The van der Waals surface area contributed by atoms with Crippen LogP contribution in [0.5, 0.6) is 0 Å². The van der Waals surface area contributed by atoms with E-state index in [1.165, 1.54) is 10.5 Å². The molecule has 0 radical (unpaired) electrons. The number of carbonyl (C=O) groups excluding carboxylic acids is 1. The highest BCUT2D eigenvalue weighted by Gasteiger charge is 2.13. The third-order valence-corrected chi connectivity index (χ3v) is 5.45. The fourth-order valence-corrected chi connectivity index (χ4v) is 3.51. The summed E-state index contributed by atoms with van der Waals surface area (Å²) in [7, 11) is 3.54. The molecule has 27 heavy (non-hydrogen) atoms. The smallest absolute Gasteiger partial charge is 0.317 e. The normalized spacial score (nSPS) is 11.9. The van der Waals surface area contributed by atoms with Gasteiger partial charge in [-0.25, -0.2) is 4.79 Å². The van der Waals surface area contributed by atoms with Crippen LogP contribution in [-0.4, -0.2) is 37.4 Å². The van der Waals surface area contributed by atoms with Crippen molar-refractivity contribution < 1.29 is 9.53 Å². The lowest BCUT2D eigenvalue weighted by Gasteiger charge is -2.22. The Morgan fingerprint density at radius 3 is 2.33 bits per heavy atom. The molecule has 1 N–H and O–H groups in total. The molecule has 2 amide bonds. The minimum Gasteiger partial charge on any atom is -0.384 e. The number of aryl methyl sites for hydroxylation is 1. The van der Waals surface area contributed by atoms with E-state index in [0.29, 0.717) is 6.54 Å². The highest BCUT2D eigenvalue weighted by atomic mass is 32.2. The Labute approximate surface area is 167 Å². The van der Waals surface area contributed by atoms with Crippen LogP contribution in [-0.2, 0) is 17.7 Å². The summed E-state index contributed by atoms with van der Waals surface area (Å²) in [6, 6.07) is 16.6. The highest BCUT2D eigenvalue weighted by molar-refractivity contribution is 7.99. The van der Waals surface area contributed by atoms with Gasteiger partial charge in [0.15, 0.2) is 0 Å². The van der Waals surface area contributed by atoms with Gasteiger partial charge in [-0.05, 0) is 42.2 Å². The number of urea groups is 1. The van der Waals surface area contributed by atoms with Crippen molar-refractivity contribution in [1.82, 2.24) is 10.2 Å². The molecular formula is C22H30N2O2S. The Hall–Kier alpha value is -1.98. The van der Waals surface area contributed by atoms with Crippen LogP contribution in [0.2, 0.25) is 0 Å². The largest absolute Gasteiger partial charge is 0.384 e. The topological polar surface area (TPSA) is 41.6 Å². The molecule has 2 aromatic rings. The van der Waals surface area contributed by atoms with Crippen LogP contribution in [0.15, 0.2) is 53.4 Å². The molecule has 4 nitrogen and oxygen atoms in total. The number of methoxy groups -OCH3 is 1. The van der Waals surface area contributed by atoms with Gasteiger partial charge in [-0.3, -0.25) is 0 Å². The zero-order chi connectivity index (χ0) is 19.6. The first-order chi connectivity index (χ1) is 13.0. The SMILES string of the molecule is CCc1ccc(CN(C)C(=O)NC(C)c2ccc(SCCOC)cc2)cc1. The number of carbonyl (C=O) groups is 1. The number of benzene rings is 2. The van der Waals surface area contributed by atoms with Crippen molar-refractivity contribution in [3.8, 4) is 0 Å². The molecule has 0 saturated heterocycles. The van der Waals surface area contributed by atoms with Gasteiger partial charge < -0.3 is 15.0 Å². The van der Waals surface area contributed by atoms with Crippen molar-refractivity contribution in [2.24, 2.45) is 0 Å². The summed E-state index contributed by atoms with van der Waals surface area (Å²) in [5.74, 6) is 0.937. The molecule has 2 aromatic carbocycles. The zero-order valence-corrected chi connectivity index (χ0v) is 17.5. The number of thioether (sulfide) groups is 1. The van der Waals surface area contributed by atoms with Crippen molar-refractivity contribution in [1.29, 1.82) is 0 Å². The lowest BCUT2D eigenvalue weighted by atomic mass is 10.1. The summed E-state index contributed by atoms with van der Waals surface area (Å²) in [5.41, 5.74) is 3.54. The Morgan fingerprint density at radius 1 is 1.11 bits per heavy atom. The second-order valence-electron chi connectivity index (χ2n) is 6.61. The quantitative estimate of drug-likeness (QED) is 0.493. The van der Waals surface area contributed by atoms with Crippen molar-refractivity contribution >= 4 is 17.8 Å². The maximum absolute atomic E-state index is 12.5. The van der Waals surface area contributed by atoms with Gasteiger partial charge in [0, 0.05) is 31.4 Å². The molecule has 5 heteroatoms. The van der Waals surface area contributed by atoms with E-state index < -0.39 is 0 Å². The molecule has 0 fully saturated rings. The average molecular weight is 387 g/mol. The predicted molar refractivity (Wildman–Crippen MR) is 113 cm³/mol. The van der Waals surface area contributed by atoms with E-state index in [0.717, 1.165) is 29.9 Å². The molecule has 0 spiro atoms. The second kappa shape index (κ2) is 11.0. The second-order valence-corrected chi connectivity index (χ2v) is 7.78. The van der Waals surface area contributed by atoms with Crippen molar-refractivity contribution in [2.75, 3.05) is 26.5 Å². The Bertz CT molecular complexity index is 701. The summed E-state index contributed by atoms with van der Waals surface area (Å²) in [6.45, 7) is 5.49. The van der Waals surface area contributed by atoms with Crippen molar-refractivity contribution in [3.05, 3.63) is 65.2 Å². The van der Waals surface area contributed by atoms with Gasteiger partial charge in [-0.15, -0.1) is 11.8 Å². The lowest BCUT2D eigenvalue weighted by Crippen LogP contribution is -2.38. The maximum Gasteiger partial charge on any atom is 0.317 e. The average Bonchev–Trinajstić information content (AvgIpc) is 2.69. The van der Waals surface area contributed by atoms with Gasteiger partial charge >= 0.3 is 6.03 Å². The van der Waals surface area contributed by atoms with Gasteiger partial charge in [0.05, 0.1) is 12.6 Å². The van der Waals surface area contributed by atoms with Crippen molar-refractivity contribution in [3.63, 3.8) is 0 Å². The first-order valence-electron chi connectivity index (χ1n) is 9.34. The van der Waals surface area contributed by atoms with Gasteiger partial charge in [-0.1, -0.05) is 43.3 Å². The fourth-order valence-electron chi connectivity index (χ4n) is 2.70. The third kappa shape index (κ3) is 6.92. The van der Waals surface area contributed by atoms with Crippen LogP contribution in [0, 0.1) is 0 Å². The van der Waals surface area contributed by atoms with Gasteiger partial charge in [0.2, 0.25) is 0 Å². The minimum absolute atomic E-state index is 0.0413. The summed E-state index contributed by atoms with van der Waals surface area (Å²) in [6.07, 6.45) is 1.03. The van der Waals surface area contributed by atoms with Crippen LogP contribution >= 0.6 is 11.8 Å². The highest BCUT2D eigenvalue weighted by Crippen LogP contribution is 2.21. The predicted octanol–water partition coefficient (Wildman–Crippen LogP) is 4.89. The number of amides is 2. The number of nitrogens with zero attached hydrogens (tertiary/aromatic N) is 1. The van der Waals surface area contributed by atoms with E-state index in [1.54, 1.807) is 23.8 Å². The summed E-state index contributed by atoms with van der Waals surface area (Å²) in [5, 5.41) is 3.07. The van der Waals surface area contributed by atoms with E-state index in [4.69, 9.17) is 4.74 Å². The van der Waals surface area contributed by atoms with Crippen LogP contribution in [0.3, 0.4) is 0 Å². The molecule has 0 aliphatic heterocycles. The van der Waals surface area contributed by atoms with Crippen LogP contribution in [0.1, 0.15) is 36.6 Å². The van der Waals surface area contributed by atoms with Gasteiger partial charge in [-0.2, -0.15) is 0 Å². The number of rotatable bonds is 9. The Kier molecular flexibility index (Phi) is 8.69.